The van der Waals surface area contributed by atoms with Crippen LogP contribution in [0.15, 0.2) is 48.5 Å². The van der Waals surface area contributed by atoms with Gasteiger partial charge in [-0.2, -0.15) is 0 Å². The quantitative estimate of drug-likeness (QED) is 0.698. The van der Waals surface area contributed by atoms with E-state index in [1.54, 1.807) is 24.3 Å². The number of Topliss-reactive ketones (excluding diaryl/α,β-unsaturated/α-hetero) is 1. The number of carbonyl (C=O) groups excluding carboxylic acids is 2. The molecule has 2 aromatic rings. The number of hydrogen-bond donors (Lipinski definition) is 2. The Kier molecular flexibility index (Phi) is 7.31. The number of nitrogens with two attached hydrogens (primary N) is 1. The van der Waals surface area contributed by atoms with Crippen LogP contribution in [0, 0.1) is 5.92 Å². The number of carbonyl (C=O) groups is 2. The molecule has 0 bridgehead atoms. The maximum atomic E-state index is 12.5. The molecule has 0 radical (unpaired) electrons. The van der Waals surface area contributed by atoms with E-state index < -0.39 is 0 Å². The Morgan fingerprint density at radius 1 is 0.926 bits per heavy atom. The molecule has 0 aliphatic rings. The molecule has 0 spiro atoms. The molecule has 0 aliphatic heterocycles. The van der Waals surface area contributed by atoms with Gasteiger partial charge in [0.2, 0.25) is 0 Å². The van der Waals surface area contributed by atoms with E-state index in [1.807, 2.05) is 6.92 Å². The molecule has 2 aromatic carbocycles. The van der Waals surface area contributed by atoms with Gasteiger partial charge in [0, 0.05) is 16.8 Å². The van der Waals surface area contributed by atoms with Crippen molar-refractivity contribution in [2.75, 3.05) is 5.32 Å². The molecule has 2 atom stereocenters. The van der Waals surface area contributed by atoms with Gasteiger partial charge >= 0.3 is 0 Å². The van der Waals surface area contributed by atoms with Crippen LogP contribution in [0.4, 0.5) is 5.69 Å². The van der Waals surface area contributed by atoms with Gasteiger partial charge in [-0.15, -0.1) is 0 Å². The lowest BCUT2D eigenvalue weighted by Crippen LogP contribution is -2.91. The predicted molar refractivity (Wildman–Crippen MR) is 110 cm³/mol. The lowest BCUT2D eigenvalue weighted by atomic mass is 9.99. The van der Waals surface area contributed by atoms with Gasteiger partial charge in [0.25, 0.3) is 5.91 Å². The average molecular weight is 368 g/mol. The van der Waals surface area contributed by atoms with Crippen LogP contribution in [0.2, 0.25) is 0 Å². The van der Waals surface area contributed by atoms with Crippen LogP contribution in [0.3, 0.4) is 0 Å². The van der Waals surface area contributed by atoms with Crippen LogP contribution in [0.25, 0.3) is 0 Å². The van der Waals surface area contributed by atoms with Gasteiger partial charge in [-0.25, -0.2) is 0 Å². The minimum absolute atomic E-state index is 0.0165. The minimum atomic E-state index is -0.220. The van der Waals surface area contributed by atoms with E-state index in [-0.39, 0.29) is 23.8 Å². The summed E-state index contributed by atoms with van der Waals surface area (Å²) in [5, 5.41) is 4.98. The van der Waals surface area contributed by atoms with E-state index in [0.29, 0.717) is 17.2 Å². The third-order valence-electron chi connectivity index (χ3n) is 4.70. The molecule has 0 heterocycles. The van der Waals surface area contributed by atoms with E-state index in [1.165, 1.54) is 18.1 Å². The van der Waals surface area contributed by atoms with Crippen molar-refractivity contribution in [1.29, 1.82) is 0 Å². The first kappa shape index (κ1) is 20.8. The van der Waals surface area contributed by atoms with Crippen molar-refractivity contribution in [2.45, 2.75) is 53.1 Å². The molecule has 4 nitrogen and oxygen atoms in total. The normalized spacial score (nSPS) is 13.3. The molecule has 144 valence electrons. The highest BCUT2D eigenvalue weighted by molar-refractivity contribution is 5.96. The topological polar surface area (TPSA) is 62.8 Å². The van der Waals surface area contributed by atoms with Crippen molar-refractivity contribution in [3.8, 4) is 0 Å². The van der Waals surface area contributed by atoms with Crippen molar-refractivity contribution >= 4 is 17.4 Å². The summed E-state index contributed by atoms with van der Waals surface area (Å²) in [6, 6.07) is 15.6. The average Bonchev–Trinajstić information content (AvgIpc) is 2.62. The highest BCUT2D eigenvalue weighted by atomic mass is 16.2. The van der Waals surface area contributed by atoms with Crippen molar-refractivity contribution in [3.05, 3.63) is 65.2 Å². The third kappa shape index (κ3) is 6.33. The Morgan fingerprint density at radius 2 is 1.52 bits per heavy atom. The molecular formula is C23H31N2O2+. The fraction of sp³-hybridized carbons (Fsp3) is 0.391. The zero-order valence-corrected chi connectivity index (χ0v) is 17.0. The molecule has 3 N–H and O–H groups in total. The minimum Gasteiger partial charge on any atom is -0.330 e. The lowest BCUT2D eigenvalue weighted by Gasteiger charge is -2.17. The highest BCUT2D eigenvalue weighted by Crippen LogP contribution is 2.14. The fourth-order valence-electron chi connectivity index (χ4n) is 3.10. The van der Waals surface area contributed by atoms with E-state index in [9.17, 15) is 9.59 Å². The van der Waals surface area contributed by atoms with Crippen molar-refractivity contribution in [3.63, 3.8) is 0 Å². The molecule has 0 unspecified atom stereocenters. The van der Waals surface area contributed by atoms with Gasteiger partial charge in [0.05, 0.1) is 0 Å². The molecule has 4 heteroatoms. The van der Waals surface area contributed by atoms with Crippen LogP contribution in [-0.2, 0) is 11.2 Å². The Morgan fingerprint density at radius 3 is 2.04 bits per heavy atom. The second-order valence-electron chi connectivity index (χ2n) is 7.73. The molecule has 1 amide bonds. The summed E-state index contributed by atoms with van der Waals surface area (Å²) in [5.41, 5.74) is 3.91. The largest absolute Gasteiger partial charge is 0.330 e. The van der Waals surface area contributed by atoms with Gasteiger partial charge in [-0.3, -0.25) is 9.59 Å². The Balaban J connectivity index is 1.91. The van der Waals surface area contributed by atoms with Gasteiger partial charge in [-0.1, -0.05) is 38.1 Å². The molecule has 0 aromatic heterocycles. The first-order valence-electron chi connectivity index (χ1n) is 9.62. The summed E-state index contributed by atoms with van der Waals surface area (Å²) in [5.74, 6) is 0.615. The predicted octanol–water partition coefficient (Wildman–Crippen LogP) is 3.74. The number of amides is 1. The molecule has 2 rings (SSSR count). The van der Waals surface area contributed by atoms with Crippen LogP contribution < -0.4 is 10.6 Å². The van der Waals surface area contributed by atoms with Crippen molar-refractivity contribution in [1.82, 2.24) is 0 Å². The summed E-state index contributed by atoms with van der Waals surface area (Å²) < 4.78 is 0. The van der Waals surface area contributed by atoms with Crippen LogP contribution >= 0.6 is 0 Å². The highest BCUT2D eigenvalue weighted by Gasteiger charge is 2.20. The first-order chi connectivity index (χ1) is 12.8. The molecule has 0 aliphatic carbocycles. The first-order valence-corrected chi connectivity index (χ1v) is 9.62. The fourth-order valence-corrected chi connectivity index (χ4v) is 3.10. The maximum Gasteiger partial charge on any atom is 0.282 e. The molecule has 0 fully saturated rings. The van der Waals surface area contributed by atoms with Crippen LogP contribution in [0.5, 0.6) is 0 Å². The van der Waals surface area contributed by atoms with Gasteiger partial charge < -0.3 is 10.6 Å². The number of rotatable bonds is 8. The lowest BCUT2D eigenvalue weighted by molar-refractivity contribution is -0.709. The summed E-state index contributed by atoms with van der Waals surface area (Å²) in [6.45, 7) is 9.99. The number of quaternary nitrogens is 1. The monoisotopic (exact) mass is 367 g/mol. The van der Waals surface area contributed by atoms with Gasteiger partial charge in [0.1, 0.15) is 6.04 Å². The van der Waals surface area contributed by atoms with Crippen LogP contribution in [-0.4, -0.2) is 17.7 Å². The summed E-state index contributed by atoms with van der Waals surface area (Å²) in [4.78, 5) is 23.8. The SMILES string of the molecule is CC(=O)c1ccc(NC(=O)[C@@H](C)[NH2+][C@H](C)c2ccc(CC(C)C)cc2)cc1. The second kappa shape index (κ2) is 9.47. The number of nitrogens with one attached hydrogen (secondary N) is 1. The maximum absolute atomic E-state index is 12.5. The number of ketones is 1. The van der Waals surface area contributed by atoms with E-state index in [4.69, 9.17) is 0 Å². The third-order valence-corrected chi connectivity index (χ3v) is 4.70. The number of hydrogen-bond acceptors (Lipinski definition) is 2. The van der Waals surface area contributed by atoms with E-state index >= 15 is 0 Å². The number of anilines is 1. The summed E-state index contributed by atoms with van der Waals surface area (Å²) >= 11 is 0. The van der Waals surface area contributed by atoms with Gasteiger partial charge in [-0.05, 0) is 62.9 Å². The number of benzene rings is 2. The molecule has 0 saturated carbocycles. The molecule has 27 heavy (non-hydrogen) atoms. The summed E-state index contributed by atoms with van der Waals surface area (Å²) in [6.07, 6.45) is 1.08. The van der Waals surface area contributed by atoms with Crippen molar-refractivity contribution < 1.29 is 14.9 Å². The van der Waals surface area contributed by atoms with E-state index in [2.05, 4.69) is 55.7 Å². The Hall–Kier alpha value is -2.46. The zero-order chi connectivity index (χ0) is 20.0. The molecular weight excluding hydrogens is 336 g/mol. The Bertz CT molecular complexity index is 764. The van der Waals surface area contributed by atoms with Crippen LogP contribution in [0.1, 0.15) is 62.1 Å². The standard InChI is InChI=1S/C23H30N2O2/c1-15(2)14-19-6-8-20(9-7-19)16(3)24-17(4)23(27)25-22-12-10-21(11-13-22)18(5)26/h6-13,15-17,24H,14H2,1-5H3,(H,25,27)/p+1/t16-,17-/m1/s1. The summed E-state index contributed by atoms with van der Waals surface area (Å²) in [7, 11) is 0. The van der Waals surface area contributed by atoms with E-state index in [0.717, 1.165) is 6.42 Å². The van der Waals surface area contributed by atoms with Gasteiger partial charge in [0.15, 0.2) is 11.8 Å². The van der Waals surface area contributed by atoms with Crippen molar-refractivity contribution in [2.24, 2.45) is 5.92 Å². The smallest absolute Gasteiger partial charge is 0.282 e. The molecule has 0 saturated heterocycles. The second-order valence-corrected chi connectivity index (χ2v) is 7.73. The Labute approximate surface area is 162 Å². The zero-order valence-electron chi connectivity index (χ0n) is 17.0.